The van der Waals surface area contributed by atoms with Gasteiger partial charge in [0, 0.05) is 24.5 Å². The molecular formula is C21H25N3O2. The van der Waals surface area contributed by atoms with Crippen LogP contribution in [0.25, 0.3) is 11.0 Å². The molecule has 1 aromatic heterocycles. The number of aliphatic imine (C=N–C) groups is 1. The summed E-state index contributed by atoms with van der Waals surface area (Å²) < 4.78 is 5.92. The van der Waals surface area contributed by atoms with Gasteiger partial charge in [0.1, 0.15) is 17.1 Å². The monoisotopic (exact) mass is 351 g/mol. The summed E-state index contributed by atoms with van der Waals surface area (Å²) in [4.78, 5) is 4.26. The summed E-state index contributed by atoms with van der Waals surface area (Å²) in [5, 5.41) is 17.1. The molecule has 5 heteroatoms. The average molecular weight is 351 g/mol. The lowest BCUT2D eigenvalue weighted by Crippen LogP contribution is -2.37. The molecule has 0 radical (unpaired) electrons. The Bertz CT molecular complexity index is 882. The van der Waals surface area contributed by atoms with Crippen molar-refractivity contribution >= 4 is 16.9 Å². The highest BCUT2D eigenvalue weighted by molar-refractivity contribution is 5.82. The smallest absolute Gasteiger partial charge is 0.191 e. The summed E-state index contributed by atoms with van der Waals surface area (Å²) in [6, 6.07) is 15.4. The molecule has 0 amide bonds. The van der Waals surface area contributed by atoms with E-state index in [4.69, 9.17) is 4.42 Å². The number of guanidine groups is 1. The van der Waals surface area contributed by atoms with Crippen LogP contribution >= 0.6 is 0 Å². The molecule has 1 heterocycles. The van der Waals surface area contributed by atoms with Crippen LogP contribution in [0.3, 0.4) is 0 Å². The highest BCUT2D eigenvalue weighted by atomic mass is 16.3. The number of hydrogen-bond donors (Lipinski definition) is 3. The van der Waals surface area contributed by atoms with Gasteiger partial charge in [0.15, 0.2) is 5.96 Å². The third kappa shape index (κ3) is 4.36. The Hall–Kier alpha value is -2.95. The van der Waals surface area contributed by atoms with E-state index in [9.17, 15) is 5.11 Å². The zero-order valence-electron chi connectivity index (χ0n) is 15.2. The number of furan rings is 1. The molecule has 0 unspecified atom stereocenters. The number of aryl methyl sites for hydroxylation is 2. The molecule has 3 aromatic rings. The van der Waals surface area contributed by atoms with Crippen molar-refractivity contribution in [2.75, 3.05) is 13.6 Å². The zero-order valence-corrected chi connectivity index (χ0v) is 15.2. The summed E-state index contributed by atoms with van der Waals surface area (Å²) in [5.41, 5.74) is 3.29. The highest BCUT2D eigenvalue weighted by Gasteiger charge is 2.10. The van der Waals surface area contributed by atoms with Crippen LogP contribution < -0.4 is 10.6 Å². The number of benzene rings is 2. The Kier molecular flexibility index (Phi) is 5.79. The van der Waals surface area contributed by atoms with E-state index in [-0.39, 0.29) is 0 Å². The van der Waals surface area contributed by atoms with Gasteiger partial charge in [0.2, 0.25) is 0 Å². The second kappa shape index (κ2) is 8.43. The van der Waals surface area contributed by atoms with Gasteiger partial charge in [-0.25, -0.2) is 0 Å². The van der Waals surface area contributed by atoms with E-state index in [1.165, 1.54) is 5.56 Å². The van der Waals surface area contributed by atoms with E-state index in [2.05, 4.69) is 28.6 Å². The lowest BCUT2D eigenvalue weighted by Gasteiger charge is -2.11. The molecule has 26 heavy (non-hydrogen) atoms. The molecule has 3 N–H and O–H groups in total. The number of nitrogens with zero attached hydrogens (tertiary/aromatic N) is 1. The number of para-hydroxylation sites is 1. The van der Waals surface area contributed by atoms with Gasteiger partial charge in [0.05, 0.1) is 6.54 Å². The SMILES string of the molecule is CN=C(NCCCc1ccc(O)cc1)NCc1oc2ccccc2c1C. The summed E-state index contributed by atoms with van der Waals surface area (Å²) in [6.07, 6.45) is 1.93. The fraction of sp³-hybridized carbons (Fsp3) is 0.286. The van der Waals surface area contributed by atoms with Crippen molar-refractivity contribution in [1.29, 1.82) is 0 Å². The number of phenolic OH excluding ortho intramolecular Hbond substituents is 1. The van der Waals surface area contributed by atoms with E-state index in [1.807, 2.05) is 30.3 Å². The quantitative estimate of drug-likeness (QED) is 0.359. The average Bonchev–Trinajstić information content (AvgIpc) is 2.99. The minimum Gasteiger partial charge on any atom is -0.508 e. The molecule has 0 saturated heterocycles. The number of fused-ring (bicyclic) bond motifs is 1. The maximum Gasteiger partial charge on any atom is 0.191 e. The first-order valence-electron chi connectivity index (χ1n) is 8.87. The number of hydrogen-bond acceptors (Lipinski definition) is 3. The van der Waals surface area contributed by atoms with Crippen LogP contribution in [0, 0.1) is 6.92 Å². The van der Waals surface area contributed by atoms with Crippen molar-refractivity contribution < 1.29 is 9.52 Å². The molecule has 0 saturated carbocycles. The summed E-state index contributed by atoms with van der Waals surface area (Å²) in [6.45, 7) is 3.49. The Morgan fingerprint density at radius 2 is 1.85 bits per heavy atom. The van der Waals surface area contributed by atoms with Crippen LogP contribution in [0.2, 0.25) is 0 Å². The largest absolute Gasteiger partial charge is 0.508 e. The molecular weight excluding hydrogens is 326 g/mol. The second-order valence-electron chi connectivity index (χ2n) is 6.27. The minimum absolute atomic E-state index is 0.303. The van der Waals surface area contributed by atoms with Crippen LogP contribution in [0.5, 0.6) is 5.75 Å². The molecule has 0 aliphatic rings. The Labute approximate surface area is 153 Å². The van der Waals surface area contributed by atoms with Crippen LogP contribution in [-0.2, 0) is 13.0 Å². The maximum atomic E-state index is 9.31. The van der Waals surface area contributed by atoms with E-state index >= 15 is 0 Å². The van der Waals surface area contributed by atoms with Crippen molar-refractivity contribution in [3.8, 4) is 5.75 Å². The predicted octanol–water partition coefficient (Wildman–Crippen LogP) is 3.74. The normalized spacial score (nSPS) is 11.7. The minimum atomic E-state index is 0.303. The standard InChI is InChI=1S/C21H25N3O2/c1-15-18-7-3-4-8-19(18)26-20(15)14-24-21(22-2)23-13-5-6-16-9-11-17(25)12-10-16/h3-4,7-12,25H,5-6,13-14H2,1-2H3,(H2,22,23,24). The Morgan fingerprint density at radius 3 is 2.58 bits per heavy atom. The fourth-order valence-corrected chi connectivity index (χ4v) is 2.94. The highest BCUT2D eigenvalue weighted by Crippen LogP contribution is 2.24. The predicted molar refractivity (Wildman–Crippen MR) is 106 cm³/mol. The number of phenols is 1. The van der Waals surface area contributed by atoms with Crippen LogP contribution in [-0.4, -0.2) is 24.7 Å². The summed E-state index contributed by atoms with van der Waals surface area (Å²) in [7, 11) is 1.76. The van der Waals surface area contributed by atoms with Gasteiger partial charge >= 0.3 is 0 Å². The lowest BCUT2D eigenvalue weighted by atomic mass is 10.1. The fourth-order valence-electron chi connectivity index (χ4n) is 2.94. The Morgan fingerprint density at radius 1 is 1.08 bits per heavy atom. The van der Waals surface area contributed by atoms with Crippen molar-refractivity contribution in [2.45, 2.75) is 26.3 Å². The Balaban J connectivity index is 1.47. The van der Waals surface area contributed by atoms with Crippen molar-refractivity contribution in [1.82, 2.24) is 10.6 Å². The van der Waals surface area contributed by atoms with E-state index in [0.29, 0.717) is 12.3 Å². The van der Waals surface area contributed by atoms with E-state index in [0.717, 1.165) is 47.6 Å². The zero-order chi connectivity index (χ0) is 18.4. The number of nitrogens with one attached hydrogen (secondary N) is 2. The van der Waals surface area contributed by atoms with Gasteiger partial charge in [-0.3, -0.25) is 4.99 Å². The van der Waals surface area contributed by atoms with E-state index in [1.54, 1.807) is 19.2 Å². The molecule has 5 nitrogen and oxygen atoms in total. The molecule has 0 spiro atoms. The molecule has 3 rings (SSSR count). The van der Waals surface area contributed by atoms with Crippen molar-refractivity contribution in [2.24, 2.45) is 4.99 Å². The lowest BCUT2D eigenvalue weighted by molar-refractivity contribution is 0.475. The molecule has 136 valence electrons. The first-order chi connectivity index (χ1) is 12.7. The third-order valence-electron chi connectivity index (χ3n) is 4.45. The molecule has 0 bridgehead atoms. The van der Waals surface area contributed by atoms with Crippen molar-refractivity contribution in [3.05, 3.63) is 65.4 Å². The van der Waals surface area contributed by atoms with Gasteiger partial charge in [-0.05, 0) is 43.5 Å². The molecule has 0 atom stereocenters. The number of rotatable bonds is 6. The summed E-state index contributed by atoms with van der Waals surface area (Å²) in [5.74, 6) is 1.99. The van der Waals surface area contributed by atoms with Gasteiger partial charge in [0.25, 0.3) is 0 Å². The maximum absolute atomic E-state index is 9.31. The molecule has 0 aliphatic carbocycles. The van der Waals surface area contributed by atoms with Crippen LogP contribution in [0.1, 0.15) is 23.3 Å². The second-order valence-corrected chi connectivity index (χ2v) is 6.27. The molecule has 2 aromatic carbocycles. The topological polar surface area (TPSA) is 69.8 Å². The molecule has 0 aliphatic heterocycles. The van der Waals surface area contributed by atoms with Gasteiger partial charge in [-0.2, -0.15) is 0 Å². The third-order valence-corrected chi connectivity index (χ3v) is 4.45. The number of aromatic hydroxyl groups is 1. The van der Waals surface area contributed by atoms with Gasteiger partial charge < -0.3 is 20.2 Å². The van der Waals surface area contributed by atoms with Crippen molar-refractivity contribution in [3.63, 3.8) is 0 Å². The van der Waals surface area contributed by atoms with Gasteiger partial charge in [-0.15, -0.1) is 0 Å². The van der Waals surface area contributed by atoms with Gasteiger partial charge in [-0.1, -0.05) is 30.3 Å². The van der Waals surface area contributed by atoms with E-state index < -0.39 is 0 Å². The molecule has 0 fully saturated rings. The van der Waals surface area contributed by atoms with Crippen LogP contribution in [0.15, 0.2) is 57.9 Å². The first-order valence-corrected chi connectivity index (χ1v) is 8.87. The summed E-state index contributed by atoms with van der Waals surface area (Å²) >= 11 is 0. The first kappa shape index (κ1) is 17.9. The van der Waals surface area contributed by atoms with Crippen LogP contribution in [0.4, 0.5) is 0 Å².